The molecule has 0 bridgehead atoms. The topological polar surface area (TPSA) is 86.8 Å². The predicted molar refractivity (Wildman–Crippen MR) is 103 cm³/mol. The highest BCUT2D eigenvalue weighted by Gasteiger charge is 2.10. The second-order valence-electron chi connectivity index (χ2n) is 5.95. The zero-order chi connectivity index (χ0) is 19.6. The zero-order valence-corrected chi connectivity index (χ0v) is 15.5. The van der Waals surface area contributed by atoms with Gasteiger partial charge in [-0.15, -0.1) is 0 Å². The van der Waals surface area contributed by atoms with Gasteiger partial charge >= 0.3 is 5.69 Å². The maximum absolute atomic E-state index is 12.3. The van der Waals surface area contributed by atoms with Crippen LogP contribution >= 0.6 is 0 Å². The Labute approximate surface area is 155 Å². The molecule has 1 heterocycles. The van der Waals surface area contributed by atoms with E-state index in [1.807, 2.05) is 18.2 Å². The molecule has 0 aliphatic rings. The Morgan fingerprint density at radius 2 is 1.63 bits per heavy atom. The number of rotatable bonds is 5. The number of carbonyl (C=O) groups excluding carboxylic acids is 1. The summed E-state index contributed by atoms with van der Waals surface area (Å²) in [5.41, 5.74) is 5.11. The predicted octanol–water partition coefficient (Wildman–Crippen LogP) is 1.66. The van der Waals surface area contributed by atoms with Gasteiger partial charge in [-0.2, -0.15) is 5.10 Å². The van der Waals surface area contributed by atoms with E-state index in [0.29, 0.717) is 17.1 Å². The summed E-state index contributed by atoms with van der Waals surface area (Å²) in [6.07, 6.45) is 1.52. The van der Waals surface area contributed by atoms with Gasteiger partial charge in [-0.05, 0) is 29.8 Å². The van der Waals surface area contributed by atoms with E-state index >= 15 is 0 Å². The van der Waals surface area contributed by atoms with Crippen molar-refractivity contribution in [3.63, 3.8) is 0 Å². The molecule has 8 nitrogen and oxygen atoms in total. The Bertz CT molecular complexity index is 1070. The summed E-state index contributed by atoms with van der Waals surface area (Å²) >= 11 is 0. The SMILES string of the molecule is COc1cc(OC)cc(C(=O)N/N=C\c2ccc3c(c2)n(C)c(=O)n3C)c1. The number of amides is 1. The maximum atomic E-state index is 12.3. The van der Waals surface area contributed by atoms with Crippen LogP contribution in [0.15, 0.2) is 46.3 Å². The molecule has 1 N–H and O–H groups in total. The van der Waals surface area contributed by atoms with Crippen LogP contribution in [-0.4, -0.2) is 35.5 Å². The summed E-state index contributed by atoms with van der Waals surface area (Å²) in [5.74, 6) is 0.634. The lowest BCUT2D eigenvalue weighted by Gasteiger charge is -2.07. The summed E-state index contributed by atoms with van der Waals surface area (Å²) in [6.45, 7) is 0. The highest BCUT2D eigenvalue weighted by molar-refractivity contribution is 5.96. The molecule has 0 unspecified atom stereocenters. The van der Waals surface area contributed by atoms with Crippen LogP contribution in [0.2, 0.25) is 0 Å². The van der Waals surface area contributed by atoms with Gasteiger partial charge < -0.3 is 9.47 Å². The third kappa shape index (κ3) is 3.55. The molecule has 8 heteroatoms. The fourth-order valence-electron chi connectivity index (χ4n) is 2.77. The van der Waals surface area contributed by atoms with Gasteiger partial charge in [0.1, 0.15) is 11.5 Å². The third-order valence-electron chi connectivity index (χ3n) is 4.29. The van der Waals surface area contributed by atoms with Crippen molar-refractivity contribution in [3.05, 3.63) is 58.0 Å². The fraction of sp³-hybridized carbons (Fsp3) is 0.211. The molecular formula is C19H20N4O4. The lowest BCUT2D eigenvalue weighted by molar-refractivity contribution is 0.0954. The molecule has 1 amide bonds. The van der Waals surface area contributed by atoms with Crippen LogP contribution in [0.25, 0.3) is 11.0 Å². The number of ether oxygens (including phenoxy) is 2. The van der Waals surface area contributed by atoms with Gasteiger partial charge in [0.15, 0.2) is 0 Å². The standard InChI is InChI=1S/C19H20N4O4/c1-22-16-6-5-12(7-17(16)23(2)19(22)25)11-20-21-18(24)13-8-14(26-3)10-15(9-13)27-4/h5-11H,1-4H3,(H,21,24)/b20-11-. The van der Waals surface area contributed by atoms with Crippen LogP contribution in [0.5, 0.6) is 11.5 Å². The Hall–Kier alpha value is -3.55. The van der Waals surface area contributed by atoms with Crippen molar-refractivity contribution in [1.82, 2.24) is 14.6 Å². The highest BCUT2D eigenvalue weighted by atomic mass is 16.5. The summed E-state index contributed by atoms with van der Waals surface area (Å²) in [6, 6.07) is 10.4. The number of aromatic nitrogens is 2. The lowest BCUT2D eigenvalue weighted by Crippen LogP contribution is -2.19. The summed E-state index contributed by atoms with van der Waals surface area (Å²) in [7, 11) is 6.47. The summed E-state index contributed by atoms with van der Waals surface area (Å²) in [4.78, 5) is 24.3. The normalized spacial score (nSPS) is 11.1. The molecule has 0 saturated heterocycles. The average Bonchev–Trinajstić information content (AvgIpc) is 2.91. The van der Waals surface area contributed by atoms with Crippen LogP contribution in [0, 0.1) is 0 Å². The van der Waals surface area contributed by atoms with E-state index in [9.17, 15) is 9.59 Å². The van der Waals surface area contributed by atoms with Gasteiger partial charge in [0.25, 0.3) is 5.91 Å². The Morgan fingerprint density at radius 1 is 1.00 bits per heavy atom. The van der Waals surface area contributed by atoms with Crippen molar-refractivity contribution in [2.24, 2.45) is 19.2 Å². The first kappa shape index (κ1) is 18.2. The molecule has 1 aromatic heterocycles. The zero-order valence-electron chi connectivity index (χ0n) is 15.5. The minimum atomic E-state index is -0.392. The number of benzene rings is 2. The number of nitrogens with zero attached hydrogens (tertiary/aromatic N) is 3. The molecule has 0 radical (unpaired) electrons. The van der Waals surface area contributed by atoms with Gasteiger partial charge in [0.2, 0.25) is 0 Å². The number of methoxy groups -OCH3 is 2. The van der Waals surface area contributed by atoms with Crippen LogP contribution in [0.3, 0.4) is 0 Å². The van der Waals surface area contributed by atoms with E-state index in [1.165, 1.54) is 20.4 Å². The second kappa shape index (κ2) is 7.36. The maximum Gasteiger partial charge on any atom is 0.328 e. The van der Waals surface area contributed by atoms with Crippen molar-refractivity contribution >= 4 is 23.2 Å². The van der Waals surface area contributed by atoms with Crippen LogP contribution in [0.1, 0.15) is 15.9 Å². The Kier molecular flexibility index (Phi) is 4.98. The summed E-state index contributed by atoms with van der Waals surface area (Å²) in [5, 5.41) is 3.99. The van der Waals surface area contributed by atoms with E-state index in [0.717, 1.165) is 16.6 Å². The van der Waals surface area contributed by atoms with E-state index in [1.54, 1.807) is 41.4 Å². The Balaban J connectivity index is 1.79. The van der Waals surface area contributed by atoms with E-state index < -0.39 is 5.91 Å². The molecule has 27 heavy (non-hydrogen) atoms. The minimum Gasteiger partial charge on any atom is -0.497 e. The number of fused-ring (bicyclic) bond motifs is 1. The van der Waals surface area contributed by atoms with E-state index in [2.05, 4.69) is 10.5 Å². The number of aryl methyl sites for hydroxylation is 2. The van der Waals surface area contributed by atoms with Crippen LogP contribution in [0.4, 0.5) is 0 Å². The molecule has 0 aliphatic heterocycles. The fourth-order valence-corrected chi connectivity index (χ4v) is 2.77. The first-order valence-corrected chi connectivity index (χ1v) is 8.16. The highest BCUT2D eigenvalue weighted by Crippen LogP contribution is 2.22. The lowest BCUT2D eigenvalue weighted by atomic mass is 10.2. The van der Waals surface area contributed by atoms with E-state index in [-0.39, 0.29) is 5.69 Å². The van der Waals surface area contributed by atoms with Crippen LogP contribution in [-0.2, 0) is 14.1 Å². The number of hydrogen-bond donors (Lipinski definition) is 1. The molecule has 0 saturated carbocycles. The molecule has 0 aliphatic carbocycles. The molecule has 3 rings (SSSR count). The van der Waals surface area contributed by atoms with Gasteiger partial charge in [0.05, 0.1) is 31.5 Å². The van der Waals surface area contributed by atoms with Crippen molar-refractivity contribution in [3.8, 4) is 11.5 Å². The first-order valence-electron chi connectivity index (χ1n) is 8.16. The second-order valence-corrected chi connectivity index (χ2v) is 5.95. The largest absolute Gasteiger partial charge is 0.497 e. The Morgan fingerprint density at radius 3 is 2.26 bits per heavy atom. The number of carbonyl (C=O) groups is 1. The molecule has 140 valence electrons. The van der Waals surface area contributed by atoms with Crippen molar-refractivity contribution < 1.29 is 14.3 Å². The smallest absolute Gasteiger partial charge is 0.328 e. The first-order chi connectivity index (χ1) is 12.9. The summed E-state index contributed by atoms with van der Waals surface area (Å²) < 4.78 is 13.5. The van der Waals surface area contributed by atoms with Gasteiger partial charge in [-0.3, -0.25) is 13.9 Å². The number of imidazole rings is 1. The number of hydrazone groups is 1. The average molecular weight is 368 g/mol. The quantitative estimate of drug-likeness (QED) is 0.548. The van der Waals surface area contributed by atoms with Crippen molar-refractivity contribution in [1.29, 1.82) is 0 Å². The van der Waals surface area contributed by atoms with Gasteiger partial charge in [0, 0.05) is 25.7 Å². The third-order valence-corrected chi connectivity index (χ3v) is 4.29. The molecule has 3 aromatic rings. The molecule has 0 atom stereocenters. The molecule has 0 spiro atoms. The molecule has 0 fully saturated rings. The minimum absolute atomic E-state index is 0.0978. The number of hydrogen-bond acceptors (Lipinski definition) is 5. The van der Waals surface area contributed by atoms with Crippen molar-refractivity contribution in [2.75, 3.05) is 14.2 Å². The molecular weight excluding hydrogens is 348 g/mol. The van der Waals surface area contributed by atoms with Crippen LogP contribution < -0.4 is 20.6 Å². The van der Waals surface area contributed by atoms with E-state index in [4.69, 9.17) is 9.47 Å². The molecule has 2 aromatic carbocycles. The number of nitrogens with one attached hydrogen (secondary N) is 1. The monoisotopic (exact) mass is 368 g/mol. The van der Waals surface area contributed by atoms with Gasteiger partial charge in [-0.1, -0.05) is 6.07 Å². The van der Waals surface area contributed by atoms with Gasteiger partial charge in [-0.25, -0.2) is 10.2 Å². The van der Waals surface area contributed by atoms with Crippen molar-refractivity contribution in [2.45, 2.75) is 0 Å².